The second kappa shape index (κ2) is 9.23. The van der Waals surface area contributed by atoms with Crippen molar-refractivity contribution in [2.45, 2.75) is 18.6 Å². The van der Waals surface area contributed by atoms with Gasteiger partial charge in [0.1, 0.15) is 5.25 Å². The summed E-state index contributed by atoms with van der Waals surface area (Å²) in [7, 11) is 0. The van der Waals surface area contributed by atoms with E-state index in [0.29, 0.717) is 21.4 Å². The van der Waals surface area contributed by atoms with Crippen LogP contribution in [0.15, 0.2) is 58.7 Å². The van der Waals surface area contributed by atoms with Crippen LogP contribution < -0.4 is 10.6 Å². The average molecular weight is 435 g/mol. The Morgan fingerprint density at radius 3 is 2.64 bits per heavy atom. The normalized spacial score (nSPS) is 18.7. The summed E-state index contributed by atoms with van der Waals surface area (Å²) in [5, 5.41) is 14.4. The minimum absolute atomic E-state index is 0.0516. The number of rotatable bonds is 4. The number of amidine groups is 1. The van der Waals surface area contributed by atoms with Gasteiger partial charge in [0, 0.05) is 22.2 Å². The van der Waals surface area contributed by atoms with Crippen LogP contribution in [0.1, 0.15) is 18.9 Å². The van der Waals surface area contributed by atoms with Gasteiger partial charge in [-0.2, -0.15) is 5.10 Å². The first kappa shape index (κ1) is 20.4. The molecule has 0 bridgehead atoms. The van der Waals surface area contributed by atoms with Crippen molar-refractivity contribution >= 4 is 63.3 Å². The van der Waals surface area contributed by atoms with Gasteiger partial charge in [-0.25, -0.2) is 0 Å². The van der Waals surface area contributed by atoms with Crippen molar-refractivity contribution in [1.29, 1.82) is 0 Å². The highest BCUT2D eigenvalue weighted by molar-refractivity contribution is 8.15. The molecular formula is C19H16Cl2N4O2S. The van der Waals surface area contributed by atoms with Crippen molar-refractivity contribution in [3.05, 3.63) is 64.1 Å². The van der Waals surface area contributed by atoms with E-state index in [-0.39, 0.29) is 23.4 Å². The van der Waals surface area contributed by atoms with Crippen molar-refractivity contribution in [3.8, 4) is 0 Å². The van der Waals surface area contributed by atoms with Crippen LogP contribution in [-0.2, 0) is 9.59 Å². The summed E-state index contributed by atoms with van der Waals surface area (Å²) in [5.74, 6) is -0.587. The molecule has 2 aromatic carbocycles. The second-order valence-corrected chi connectivity index (χ2v) is 8.02. The number of benzene rings is 2. The summed E-state index contributed by atoms with van der Waals surface area (Å²) in [6.07, 6.45) is 0.0516. The van der Waals surface area contributed by atoms with Crippen LogP contribution >= 0.6 is 35.0 Å². The Balaban J connectivity index is 1.70. The highest BCUT2D eigenvalue weighted by Gasteiger charge is 2.30. The number of amides is 2. The Hall–Kier alpha value is -2.35. The number of thioether (sulfide) groups is 1. The molecule has 0 aromatic heterocycles. The fraction of sp³-hybridized carbons (Fsp3) is 0.158. The molecule has 0 radical (unpaired) electrons. The van der Waals surface area contributed by atoms with E-state index in [1.807, 2.05) is 12.1 Å². The molecule has 1 fully saturated rings. The van der Waals surface area contributed by atoms with E-state index in [4.69, 9.17) is 23.2 Å². The fourth-order valence-corrected chi connectivity index (χ4v) is 3.64. The van der Waals surface area contributed by atoms with Crippen LogP contribution in [0.25, 0.3) is 0 Å². The van der Waals surface area contributed by atoms with Gasteiger partial charge in [-0.15, -0.1) is 5.10 Å². The molecule has 0 saturated carbocycles. The Morgan fingerprint density at radius 2 is 1.93 bits per heavy atom. The summed E-state index contributed by atoms with van der Waals surface area (Å²) in [5.41, 5.74) is 2.08. The van der Waals surface area contributed by atoms with Crippen molar-refractivity contribution in [2.75, 3.05) is 5.32 Å². The summed E-state index contributed by atoms with van der Waals surface area (Å²) >= 11 is 13.0. The van der Waals surface area contributed by atoms with Crippen molar-refractivity contribution in [1.82, 2.24) is 5.32 Å². The maximum atomic E-state index is 12.5. The third-order valence-corrected chi connectivity index (χ3v) is 5.37. The molecule has 144 valence electrons. The molecule has 1 aliphatic heterocycles. The zero-order valence-corrected chi connectivity index (χ0v) is 17.1. The van der Waals surface area contributed by atoms with Gasteiger partial charge in [-0.3, -0.25) is 9.59 Å². The fourth-order valence-electron chi connectivity index (χ4n) is 2.40. The maximum Gasteiger partial charge on any atom is 0.238 e. The molecule has 0 aliphatic carbocycles. The van der Waals surface area contributed by atoms with Gasteiger partial charge in [-0.05, 0) is 42.8 Å². The number of hydrogen-bond donors (Lipinski definition) is 2. The lowest BCUT2D eigenvalue weighted by atomic mass is 10.1. The highest BCUT2D eigenvalue weighted by atomic mass is 35.5. The number of nitrogens with zero attached hydrogens (tertiary/aromatic N) is 2. The van der Waals surface area contributed by atoms with Gasteiger partial charge >= 0.3 is 0 Å². The molecule has 1 unspecified atom stereocenters. The summed E-state index contributed by atoms with van der Waals surface area (Å²) in [6.45, 7) is 1.80. The van der Waals surface area contributed by atoms with Crippen LogP contribution in [0.2, 0.25) is 10.0 Å². The maximum absolute atomic E-state index is 12.5. The lowest BCUT2D eigenvalue weighted by molar-refractivity contribution is -0.123. The van der Waals surface area contributed by atoms with E-state index in [0.717, 1.165) is 17.3 Å². The molecule has 2 amide bonds. The van der Waals surface area contributed by atoms with Gasteiger partial charge in [0.25, 0.3) is 0 Å². The van der Waals surface area contributed by atoms with E-state index in [9.17, 15) is 9.59 Å². The largest absolute Gasteiger partial charge is 0.325 e. The van der Waals surface area contributed by atoms with Crippen molar-refractivity contribution in [2.24, 2.45) is 10.2 Å². The first-order chi connectivity index (χ1) is 13.4. The molecule has 0 spiro atoms. The zero-order chi connectivity index (χ0) is 20.1. The number of carbonyl (C=O) groups excluding carboxylic acids is 2. The number of carbonyl (C=O) groups is 2. The Labute approximate surface area is 176 Å². The molecule has 1 saturated heterocycles. The van der Waals surface area contributed by atoms with Crippen molar-refractivity contribution < 1.29 is 9.59 Å². The quantitative estimate of drug-likeness (QED) is 0.554. The summed E-state index contributed by atoms with van der Waals surface area (Å²) in [4.78, 5) is 24.5. The molecule has 2 N–H and O–H groups in total. The molecule has 9 heteroatoms. The molecule has 1 atom stereocenters. The first-order valence-electron chi connectivity index (χ1n) is 8.32. The van der Waals surface area contributed by atoms with Gasteiger partial charge in [0.15, 0.2) is 5.17 Å². The number of anilines is 1. The third-order valence-electron chi connectivity index (χ3n) is 3.81. The molecule has 28 heavy (non-hydrogen) atoms. The van der Waals surface area contributed by atoms with E-state index < -0.39 is 5.25 Å². The molecule has 1 aliphatic rings. The van der Waals surface area contributed by atoms with Gasteiger partial charge in [0.2, 0.25) is 11.8 Å². The smallest absolute Gasteiger partial charge is 0.238 e. The molecule has 3 rings (SSSR count). The van der Waals surface area contributed by atoms with E-state index in [1.165, 1.54) is 0 Å². The minimum atomic E-state index is -0.613. The standard InChI is InChI=1S/C19H16Cl2N4O2S/c1-11(12-5-7-13(20)8-6-12)24-25-19-23-17(26)10-16(28-19)18(27)22-15-4-2-3-14(21)9-15/h2-9,16H,10H2,1H3,(H,22,27)(H,23,25,26). The van der Waals surface area contributed by atoms with Crippen LogP contribution in [0.5, 0.6) is 0 Å². The molecule has 1 heterocycles. The summed E-state index contributed by atoms with van der Waals surface area (Å²) in [6, 6.07) is 14.0. The number of halogens is 2. The van der Waals surface area contributed by atoms with Crippen molar-refractivity contribution in [3.63, 3.8) is 0 Å². The predicted octanol–water partition coefficient (Wildman–Crippen LogP) is 4.33. The van der Waals surface area contributed by atoms with Gasteiger partial charge < -0.3 is 10.6 Å². The summed E-state index contributed by atoms with van der Waals surface area (Å²) < 4.78 is 0. The van der Waals surface area contributed by atoms with E-state index in [1.54, 1.807) is 43.3 Å². The Morgan fingerprint density at radius 1 is 1.18 bits per heavy atom. The topological polar surface area (TPSA) is 82.9 Å². The molecule has 6 nitrogen and oxygen atoms in total. The monoisotopic (exact) mass is 434 g/mol. The molecule has 2 aromatic rings. The van der Waals surface area contributed by atoms with Crippen LogP contribution in [0.3, 0.4) is 0 Å². The van der Waals surface area contributed by atoms with Crippen LogP contribution in [0.4, 0.5) is 5.69 Å². The van der Waals surface area contributed by atoms with E-state index in [2.05, 4.69) is 20.8 Å². The number of hydrogen-bond acceptors (Lipinski definition) is 5. The zero-order valence-electron chi connectivity index (χ0n) is 14.8. The van der Waals surface area contributed by atoms with Gasteiger partial charge in [0.05, 0.1) is 5.71 Å². The van der Waals surface area contributed by atoms with Crippen LogP contribution in [-0.4, -0.2) is 27.9 Å². The Bertz CT molecular complexity index is 961. The van der Waals surface area contributed by atoms with Crippen LogP contribution in [0, 0.1) is 0 Å². The minimum Gasteiger partial charge on any atom is -0.325 e. The lowest BCUT2D eigenvalue weighted by Crippen LogP contribution is -2.41. The lowest BCUT2D eigenvalue weighted by Gasteiger charge is -2.21. The second-order valence-electron chi connectivity index (χ2n) is 5.96. The third kappa shape index (κ3) is 5.58. The number of nitrogens with one attached hydrogen (secondary N) is 2. The SMILES string of the molecule is CC(=NN=C1NC(=O)CC(C(=O)Nc2cccc(Cl)c2)S1)c1ccc(Cl)cc1. The molecular weight excluding hydrogens is 419 g/mol. The first-order valence-corrected chi connectivity index (χ1v) is 9.95. The predicted molar refractivity (Wildman–Crippen MR) is 115 cm³/mol. The van der Waals surface area contributed by atoms with Gasteiger partial charge in [-0.1, -0.05) is 53.2 Å². The van der Waals surface area contributed by atoms with E-state index >= 15 is 0 Å². The highest BCUT2D eigenvalue weighted by Crippen LogP contribution is 2.23. The Kier molecular flexibility index (Phi) is 6.72. The average Bonchev–Trinajstić information content (AvgIpc) is 2.66.